The first-order valence-corrected chi connectivity index (χ1v) is 7.67. The summed E-state index contributed by atoms with van der Waals surface area (Å²) in [5.41, 5.74) is 2.35. The van der Waals surface area contributed by atoms with Gasteiger partial charge in [-0.2, -0.15) is 0 Å². The van der Waals surface area contributed by atoms with Crippen LogP contribution in [0.5, 0.6) is 0 Å². The van der Waals surface area contributed by atoms with Crippen LogP contribution in [-0.4, -0.2) is 19.0 Å². The highest BCUT2D eigenvalue weighted by Gasteiger charge is 2.19. The Morgan fingerprint density at radius 1 is 1.17 bits per heavy atom. The number of hydrogen-bond donors (Lipinski definition) is 1. The van der Waals surface area contributed by atoms with Crippen LogP contribution in [0.3, 0.4) is 0 Å². The van der Waals surface area contributed by atoms with Crippen LogP contribution >= 0.6 is 11.6 Å². The molecule has 2 aromatic carbocycles. The Morgan fingerprint density at radius 2 is 1.87 bits per heavy atom. The van der Waals surface area contributed by atoms with Crippen LogP contribution in [-0.2, 0) is 22.4 Å². The van der Waals surface area contributed by atoms with Gasteiger partial charge in [-0.1, -0.05) is 48.9 Å². The van der Waals surface area contributed by atoms with E-state index in [1.165, 1.54) is 7.11 Å². The third-order valence-electron chi connectivity index (χ3n) is 3.44. The maximum atomic E-state index is 12.2. The number of aryl methyl sites for hydroxylation is 1. The lowest BCUT2D eigenvalue weighted by Crippen LogP contribution is -2.18. The quantitative estimate of drug-likeness (QED) is 0.846. The minimum atomic E-state index is -0.492. The van der Waals surface area contributed by atoms with Crippen molar-refractivity contribution in [1.29, 1.82) is 0 Å². The molecule has 0 unspecified atom stereocenters. The molecule has 23 heavy (non-hydrogen) atoms. The van der Waals surface area contributed by atoms with Crippen molar-refractivity contribution in [2.45, 2.75) is 19.8 Å². The molecule has 0 saturated carbocycles. The first-order valence-electron chi connectivity index (χ1n) is 7.29. The second-order valence-corrected chi connectivity index (χ2v) is 5.48. The van der Waals surface area contributed by atoms with Gasteiger partial charge in [-0.3, -0.25) is 4.79 Å². The number of hydrogen-bond acceptors (Lipinski definition) is 3. The predicted molar refractivity (Wildman–Crippen MR) is 90.9 cm³/mol. The van der Waals surface area contributed by atoms with E-state index in [9.17, 15) is 9.59 Å². The molecule has 0 aliphatic rings. The van der Waals surface area contributed by atoms with E-state index in [1.54, 1.807) is 12.1 Å². The van der Waals surface area contributed by atoms with E-state index < -0.39 is 5.97 Å². The number of benzene rings is 2. The van der Waals surface area contributed by atoms with Crippen molar-refractivity contribution in [3.63, 3.8) is 0 Å². The van der Waals surface area contributed by atoms with Gasteiger partial charge in [0.15, 0.2) is 0 Å². The Bertz CT molecular complexity index is 714. The maximum absolute atomic E-state index is 12.2. The van der Waals surface area contributed by atoms with E-state index in [4.69, 9.17) is 16.3 Å². The summed E-state index contributed by atoms with van der Waals surface area (Å²) in [6.07, 6.45) is 0.821. The number of ether oxygens (including phenoxy) is 1. The fourth-order valence-electron chi connectivity index (χ4n) is 2.36. The van der Waals surface area contributed by atoms with Crippen LogP contribution in [0.4, 0.5) is 5.69 Å². The molecule has 2 aromatic rings. The summed E-state index contributed by atoms with van der Waals surface area (Å²) in [6, 6.07) is 12.7. The van der Waals surface area contributed by atoms with Gasteiger partial charge in [-0.05, 0) is 29.7 Å². The van der Waals surface area contributed by atoms with Crippen molar-refractivity contribution in [2.75, 3.05) is 12.4 Å². The summed E-state index contributed by atoms with van der Waals surface area (Å²) in [7, 11) is 1.31. The fourth-order valence-corrected chi connectivity index (χ4v) is 2.60. The van der Waals surface area contributed by atoms with E-state index >= 15 is 0 Å². The Balaban J connectivity index is 2.29. The van der Waals surface area contributed by atoms with Gasteiger partial charge in [0.1, 0.15) is 0 Å². The molecule has 0 spiro atoms. The molecule has 0 radical (unpaired) electrons. The molecule has 1 N–H and O–H groups in total. The molecule has 0 aliphatic carbocycles. The van der Waals surface area contributed by atoms with Gasteiger partial charge in [-0.15, -0.1) is 0 Å². The topological polar surface area (TPSA) is 55.4 Å². The molecule has 4 nitrogen and oxygen atoms in total. The summed E-state index contributed by atoms with van der Waals surface area (Å²) in [5, 5.41) is 3.23. The highest BCUT2D eigenvalue weighted by Crippen LogP contribution is 2.27. The lowest BCUT2D eigenvalue weighted by molar-refractivity contribution is -0.115. The average molecular weight is 332 g/mol. The molecule has 0 fully saturated rings. The summed E-state index contributed by atoms with van der Waals surface area (Å²) >= 11 is 6.09. The molecule has 0 aromatic heterocycles. The molecule has 0 aliphatic heterocycles. The van der Waals surface area contributed by atoms with Crippen LogP contribution in [0.1, 0.15) is 28.4 Å². The van der Waals surface area contributed by atoms with Gasteiger partial charge < -0.3 is 10.1 Å². The van der Waals surface area contributed by atoms with Crippen LogP contribution in [0, 0.1) is 0 Å². The first kappa shape index (κ1) is 17.0. The molecule has 120 valence electrons. The van der Waals surface area contributed by atoms with E-state index in [-0.39, 0.29) is 12.3 Å². The van der Waals surface area contributed by atoms with Gasteiger partial charge >= 0.3 is 5.97 Å². The van der Waals surface area contributed by atoms with Gasteiger partial charge in [0.25, 0.3) is 0 Å². The number of amides is 1. The summed E-state index contributed by atoms with van der Waals surface area (Å²) in [5.74, 6) is -0.709. The number of carbonyl (C=O) groups excluding carboxylic acids is 2. The van der Waals surface area contributed by atoms with Crippen LogP contribution in [0.2, 0.25) is 5.02 Å². The van der Waals surface area contributed by atoms with Crippen molar-refractivity contribution in [3.05, 3.63) is 64.2 Å². The number of esters is 1. The first-order chi connectivity index (χ1) is 11.0. The fraction of sp³-hybridized carbons (Fsp3) is 0.222. The second-order valence-electron chi connectivity index (χ2n) is 5.04. The summed E-state index contributed by atoms with van der Waals surface area (Å²) < 4.78 is 4.83. The lowest BCUT2D eigenvalue weighted by Gasteiger charge is -2.14. The Labute approximate surface area is 140 Å². The largest absolute Gasteiger partial charge is 0.465 e. The van der Waals surface area contributed by atoms with Crippen molar-refractivity contribution in [1.82, 2.24) is 0 Å². The van der Waals surface area contributed by atoms with Gasteiger partial charge in [0.2, 0.25) is 5.91 Å². The van der Waals surface area contributed by atoms with Crippen LogP contribution in [0.25, 0.3) is 0 Å². The Kier molecular flexibility index (Phi) is 5.77. The molecule has 0 heterocycles. The smallest absolute Gasteiger partial charge is 0.340 e. The van der Waals surface area contributed by atoms with Crippen LogP contribution in [0.15, 0.2) is 42.5 Å². The number of nitrogens with one attached hydrogen (secondary N) is 1. The van der Waals surface area contributed by atoms with Crippen molar-refractivity contribution in [3.8, 4) is 0 Å². The predicted octanol–water partition coefficient (Wildman–Crippen LogP) is 3.87. The lowest BCUT2D eigenvalue weighted by atomic mass is 10.0. The highest BCUT2D eigenvalue weighted by atomic mass is 35.5. The summed E-state index contributed by atoms with van der Waals surface area (Å²) in [6.45, 7) is 1.91. The van der Waals surface area contributed by atoms with Crippen molar-refractivity contribution >= 4 is 29.2 Å². The SMILES string of the molecule is CCc1cc(Cl)cc(NC(=O)Cc2ccccc2)c1C(=O)OC. The van der Waals surface area contributed by atoms with E-state index in [0.29, 0.717) is 22.7 Å². The van der Waals surface area contributed by atoms with E-state index in [2.05, 4.69) is 5.32 Å². The molecule has 5 heteroatoms. The third-order valence-corrected chi connectivity index (χ3v) is 3.66. The van der Waals surface area contributed by atoms with E-state index in [1.807, 2.05) is 37.3 Å². The van der Waals surface area contributed by atoms with Crippen LogP contribution < -0.4 is 5.32 Å². The molecule has 1 amide bonds. The number of halogens is 1. The zero-order chi connectivity index (χ0) is 16.8. The average Bonchev–Trinajstić information content (AvgIpc) is 2.54. The molecular formula is C18H18ClNO3. The molecule has 0 atom stereocenters. The zero-order valence-electron chi connectivity index (χ0n) is 13.1. The number of rotatable bonds is 5. The normalized spacial score (nSPS) is 10.2. The number of methoxy groups -OCH3 is 1. The van der Waals surface area contributed by atoms with Gasteiger partial charge in [0, 0.05) is 5.02 Å². The van der Waals surface area contributed by atoms with Crippen molar-refractivity contribution in [2.24, 2.45) is 0 Å². The summed E-state index contributed by atoms with van der Waals surface area (Å²) in [4.78, 5) is 24.3. The molecular weight excluding hydrogens is 314 g/mol. The minimum Gasteiger partial charge on any atom is -0.465 e. The van der Waals surface area contributed by atoms with Gasteiger partial charge in [0.05, 0.1) is 24.8 Å². The van der Waals surface area contributed by atoms with E-state index in [0.717, 1.165) is 11.1 Å². The number of carbonyl (C=O) groups is 2. The van der Waals surface area contributed by atoms with Crippen molar-refractivity contribution < 1.29 is 14.3 Å². The molecule has 2 rings (SSSR count). The maximum Gasteiger partial charge on any atom is 0.340 e. The minimum absolute atomic E-state index is 0.217. The molecule has 0 bridgehead atoms. The highest BCUT2D eigenvalue weighted by molar-refractivity contribution is 6.31. The monoisotopic (exact) mass is 331 g/mol. The number of anilines is 1. The second kappa shape index (κ2) is 7.79. The Hall–Kier alpha value is -2.33. The standard InChI is InChI=1S/C18H18ClNO3/c1-3-13-10-14(19)11-15(17(13)18(22)23-2)20-16(21)9-12-7-5-4-6-8-12/h4-8,10-11H,3,9H2,1-2H3,(H,20,21). The van der Waals surface area contributed by atoms with Gasteiger partial charge in [-0.25, -0.2) is 4.79 Å². The third kappa shape index (κ3) is 4.33. The molecule has 0 saturated heterocycles. The Morgan fingerprint density at radius 3 is 2.48 bits per heavy atom. The zero-order valence-corrected chi connectivity index (χ0v) is 13.8.